The standard InChI is InChI=1S/C21H29N3O3S/c1-21(2,3)16-9-6-15(7-10-16)8-13-20(25)23-18-14-17(28(22,26)27)11-12-19(18)24(4)5/h6-7,9-12,14H,8,13H2,1-5H3,(H,23,25)(H2,22,26,27). The second kappa shape index (κ2) is 8.32. The number of amides is 1. The third-order valence-corrected chi connectivity index (χ3v) is 5.42. The Labute approximate surface area is 167 Å². The maximum atomic E-state index is 12.4. The number of nitrogens with zero attached hydrogens (tertiary/aromatic N) is 1. The van der Waals surface area contributed by atoms with Crippen molar-refractivity contribution in [3.8, 4) is 0 Å². The molecule has 0 saturated carbocycles. The van der Waals surface area contributed by atoms with E-state index in [0.29, 0.717) is 24.2 Å². The summed E-state index contributed by atoms with van der Waals surface area (Å²) in [6.45, 7) is 6.48. The van der Waals surface area contributed by atoms with E-state index in [0.717, 1.165) is 5.56 Å². The van der Waals surface area contributed by atoms with Crippen LogP contribution in [0.4, 0.5) is 11.4 Å². The highest BCUT2D eigenvalue weighted by molar-refractivity contribution is 7.89. The summed E-state index contributed by atoms with van der Waals surface area (Å²) in [6, 6.07) is 12.7. The molecule has 0 aliphatic carbocycles. The summed E-state index contributed by atoms with van der Waals surface area (Å²) in [5.74, 6) is -0.186. The van der Waals surface area contributed by atoms with Gasteiger partial charge >= 0.3 is 0 Å². The summed E-state index contributed by atoms with van der Waals surface area (Å²) in [7, 11) is -0.209. The van der Waals surface area contributed by atoms with Gasteiger partial charge in [0.05, 0.1) is 16.3 Å². The minimum Gasteiger partial charge on any atom is -0.376 e. The summed E-state index contributed by atoms with van der Waals surface area (Å²) in [6.07, 6.45) is 0.893. The smallest absolute Gasteiger partial charge is 0.238 e. The van der Waals surface area contributed by atoms with Gasteiger partial charge in [-0.25, -0.2) is 13.6 Å². The number of nitrogens with two attached hydrogens (primary N) is 1. The van der Waals surface area contributed by atoms with Gasteiger partial charge in [-0.05, 0) is 41.2 Å². The molecule has 6 nitrogen and oxygen atoms in total. The Balaban J connectivity index is 2.10. The largest absolute Gasteiger partial charge is 0.376 e. The van der Waals surface area contributed by atoms with Crippen molar-refractivity contribution < 1.29 is 13.2 Å². The van der Waals surface area contributed by atoms with Crippen molar-refractivity contribution in [2.75, 3.05) is 24.3 Å². The molecular formula is C21H29N3O3S. The molecule has 0 atom stereocenters. The SMILES string of the molecule is CN(C)c1ccc(S(N)(=O)=O)cc1NC(=O)CCc1ccc(C(C)(C)C)cc1. The molecule has 0 spiro atoms. The van der Waals surface area contributed by atoms with Gasteiger partial charge in [-0.3, -0.25) is 4.79 Å². The maximum absolute atomic E-state index is 12.4. The number of nitrogens with one attached hydrogen (secondary N) is 1. The number of benzene rings is 2. The third kappa shape index (κ3) is 5.81. The Hall–Kier alpha value is -2.38. The first-order chi connectivity index (χ1) is 12.9. The molecule has 0 aliphatic heterocycles. The Kier molecular flexibility index (Phi) is 6.52. The molecule has 3 N–H and O–H groups in total. The van der Waals surface area contributed by atoms with Crippen LogP contribution >= 0.6 is 0 Å². The number of sulfonamides is 1. The minimum atomic E-state index is -3.84. The van der Waals surface area contributed by atoms with Gasteiger partial charge in [0.1, 0.15) is 0 Å². The summed E-state index contributed by atoms with van der Waals surface area (Å²) in [4.78, 5) is 14.2. The molecule has 7 heteroatoms. The fraction of sp³-hybridized carbons (Fsp3) is 0.381. The van der Waals surface area contributed by atoms with Crippen LogP contribution in [0.5, 0.6) is 0 Å². The summed E-state index contributed by atoms with van der Waals surface area (Å²) < 4.78 is 23.2. The van der Waals surface area contributed by atoms with E-state index < -0.39 is 10.0 Å². The average molecular weight is 404 g/mol. The predicted molar refractivity (Wildman–Crippen MR) is 114 cm³/mol. The first kappa shape index (κ1) is 21.9. The Bertz CT molecular complexity index is 944. The average Bonchev–Trinajstić information content (AvgIpc) is 2.58. The molecule has 0 heterocycles. The molecule has 28 heavy (non-hydrogen) atoms. The summed E-state index contributed by atoms with van der Waals surface area (Å²) in [5, 5.41) is 8.02. The summed E-state index contributed by atoms with van der Waals surface area (Å²) >= 11 is 0. The topological polar surface area (TPSA) is 92.5 Å². The quantitative estimate of drug-likeness (QED) is 0.774. The Morgan fingerprint density at radius 1 is 1.07 bits per heavy atom. The fourth-order valence-corrected chi connectivity index (χ4v) is 3.36. The number of hydrogen-bond acceptors (Lipinski definition) is 4. The first-order valence-electron chi connectivity index (χ1n) is 9.11. The van der Waals surface area contributed by atoms with Gasteiger partial charge in [0.15, 0.2) is 0 Å². The number of carbonyl (C=O) groups is 1. The van der Waals surface area contributed by atoms with Gasteiger partial charge in [0, 0.05) is 20.5 Å². The van der Waals surface area contributed by atoms with Crippen LogP contribution < -0.4 is 15.4 Å². The number of primary sulfonamides is 1. The molecule has 0 bridgehead atoms. The van der Waals surface area contributed by atoms with Gasteiger partial charge in [-0.15, -0.1) is 0 Å². The van der Waals surface area contributed by atoms with E-state index >= 15 is 0 Å². The Morgan fingerprint density at radius 2 is 1.68 bits per heavy atom. The lowest BCUT2D eigenvalue weighted by atomic mass is 9.86. The van der Waals surface area contributed by atoms with Gasteiger partial charge < -0.3 is 10.2 Å². The van der Waals surface area contributed by atoms with Crippen molar-refractivity contribution in [2.24, 2.45) is 5.14 Å². The molecule has 0 aliphatic rings. The minimum absolute atomic E-state index is 0.0360. The second-order valence-electron chi connectivity index (χ2n) is 8.11. The Morgan fingerprint density at radius 3 is 2.18 bits per heavy atom. The molecule has 152 valence electrons. The van der Waals surface area contributed by atoms with E-state index in [1.807, 2.05) is 26.2 Å². The highest BCUT2D eigenvalue weighted by atomic mass is 32.2. The highest BCUT2D eigenvalue weighted by Crippen LogP contribution is 2.27. The fourth-order valence-electron chi connectivity index (χ4n) is 2.82. The third-order valence-electron chi connectivity index (χ3n) is 4.51. The van der Waals surface area contributed by atoms with Crippen LogP contribution in [0.2, 0.25) is 0 Å². The van der Waals surface area contributed by atoms with Crippen molar-refractivity contribution in [1.29, 1.82) is 0 Å². The summed E-state index contributed by atoms with van der Waals surface area (Å²) in [5.41, 5.74) is 3.54. The van der Waals surface area contributed by atoms with Crippen molar-refractivity contribution >= 4 is 27.3 Å². The molecule has 0 aromatic heterocycles. The normalized spacial score (nSPS) is 11.9. The lowest BCUT2D eigenvalue weighted by molar-refractivity contribution is -0.116. The van der Waals surface area contributed by atoms with Crippen molar-refractivity contribution in [2.45, 2.75) is 43.9 Å². The number of hydrogen-bond donors (Lipinski definition) is 2. The highest BCUT2D eigenvalue weighted by Gasteiger charge is 2.15. The van der Waals surface area contributed by atoms with Crippen LogP contribution in [0.3, 0.4) is 0 Å². The van der Waals surface area contributed by atoms with E-state index in [-0.39, 0.29) is 16.2 Å². The predicted octanol–water partition coefficient (Wildman–Crippen LogP) is 3.27. The number of anilines is 2. The lowest BCUT2D eigenvalue weighted by Gasteiger charge is -2.19. The van der Waals surface area contributed by atoms with Crippen molar-refractivity contribution in [3.05, 3.63) is 53.6 Å². The van der Waals surface area contributed by atoms with E-state index in [9.17, 15) is 13.2 Å². The van der Waals surface area contributed by atoms with Gasteiger partial charge in [-0.2, -0.15) is 0 Å². The van der Waals surface area contributed by atoms with E-state index in [2.05, 4.69) is 38.2 Å². The van der Waals surface area contributed by atoms with Crippen molar-refractivity contribution in [1.82, 2.24) is 0 Å². The number of rotatable bonds is 6. The van der Waals surface area contributed by atoms with Crippen LogP contribution in [-0.4, -0.2) is 28.4 Å². The molecule has 2 aromatic rings. The monoisotopic (exact) mass is 403 g/mol. The number of aryl methyl sites for hydroxylation is 1. The van der Waals surface area contributed by atoms with E-state index in [1.165, 1.54) is 17.7 Å². The maximum Gasteiger partial charge on any atom is 0.238 e. The second-order valence-corrected chi connectivity index (χ2v) is 9.67. The molecule has 2 rings (SSSR count). The van der Waals surface area contributed by atoms with E-state index in [4.69, 9.17) is 5.14 Å². The van der Waals surface area contributed by atoms with Crippen molar-refractivity contribution in [3.63, 3.8) is 0 Å². The van der Waals surface area contributed by atoms with E-state index in [1.54, 1.807) is 11.0 Å². The zero-order valence-electron chi connectivity index (χ0n) is 17.1. The zero-order chi connectivity index (χ0) is 21.1. The van der Waals surface area contributed by atoms with Crippen LogP contribution in [0, 0.1) is 0 Å². The molecule has 0 fully saturated rings. The van der Waals surface area contributed by atoms with Crippen LogP contribution in [0.25, 0.3) is 0 Å². The van der Waals surface area contributed by atoms with Gasteiger partial charge in [-0.1, -0.05) is 45.0 Å². The first-order valence-corrected chi connectivity index (χ1v) is 10.7. The van der Waals surface area contributed by atoms with Gasteiger partial charge in [0.25, 0.3) is 0 Å². The number of carbonyl (C=O) groups excluding carboxylic acids is 1. The molecule has 0 saturated heterocycles. The van der Waals surface area contributed by atoms with Gasteiger partial charge in [0.2, 0.25) is 15.9 Å². The molecule has 0 unspecified atom stereocenters. The molecular weight excluding hydrogens is 374 g/mol. The van der Waals surface area contributed by atoms with Crippen LogP contribution in [0.15, 0.2) is 47.4 Å². The lowest BCUT2D eigenvalue weighted by Crippen LogP contribution is -2.19. The molecule has 0 radical (unpaired) electrons. The molecule has 2 aromatic carbocycles. The van der Waals surface area contributed by atoms with Crippen LogP contribution in [0.1, 0.15) is 38.3 Å². The molecule has 1 amide bonds. The van der Waals surface area contributed by atoms with Crippen LogP contribution in [-0.2, 0) is 26.7 Å². The zero-order valence-corrected chi connectivity index (χ0v) is 17.9.